The van der Waals surface area contributed by atoms with Crippen molar-refractivity contribution in [2.45, 2.75) is 106 Å². The molecule has 0 bridgehead atoms. The van der Waals surface area contributed by atoms with Gasteiger partial charge in [0.1, 0.15) is 0 Å². The lowest BCUT2D eigenvalue weighted by Gasteiger charge is -2.67. The first-order valence-electron chi connectivity index (χ1n) is 13.4. The van der Waals surface area contributed by atoms with Gasteiger partial charge in [-0.2, -0.15) is 0 Å². The summed E-state index contributed by atoms with van der Waals surface area (Å²) < 4.78 is 0. The van der Waals surface area contributed by atoms with Crippen LogP contribution >= 0.6 is 0 Å². The minimum absolute atomic E-state index is 0.0196. The second-order valence-corrected chi connectivity index (χ2v) is 14.1. The molecule has 5 aliphatic carbocycles. The largest absolute Gasteiger partial charge is 0.481 e. The number of carbonyl (C=O) groups excluding carboxylic acids is 1. The molecule has 0 saturated heterocycles. The number of carbonyl (C=O) groups is 2. The van der Waals surface area contributed by atoms with Gasteiger partial charge in [0.15, 0.2) is 5.78 Å². The van der Waals surface area contributed by atoms with Gasteiger partial charge < -0.3 is 5.11 Å². The first kappa shape index (κ1) is 23.4. The van der Waals surface area contributed by atoms with E-state index in [9.17, 15) is 14.7 Å². The fraction of sp³-hybridized carbons (Fsp3) is 0.800. The summed E-state index contributed by atoms with van der Waals surface area (Å²) in [7, 11) is 0. The monoisotopic (exact) mass is 452 g/mol. The highest BCUT2D eigenvalue weighted by atomic mass is 16.4. The normalized spacial score (nSPS) is 51.1. The van der Waals surface area contributed by atoms with Crippen molar-refractivity contribution in [1.82, 2.24) is 0 Å². The van der Waals surface area contributed by atoms with Crippen LogP contribution in [0.3, 0.4) is 0 Å². The molecule has 0 radical (unpaired) electrons. The molecule has 5 rings (SSSR count). The molecule has 1 N–H and O–H groups in total. The molecule has 4 saturated carbocycles. The third kappa shape index (κ3) is 2.80. The Hall–Kier alpha value is -1.38. The summed E-state index contributed by atoms with van der Waals surface area (Å²) in [4.78, 5) is 26.3. The van der Waals surface area contributed by atoms with Crippen molar-refractivity contribution in [2.75, 3.05) is 0 Å². The van der Waals surface area contributed by atoms with Crippen molar-refractivity contribution in [3.8, 4) is 0 Å². The summed E-state index contributed by atoms with van der Waals surface area (Å²) in [5.74, 6) is 0.501. The average molecular weight is 453 g/mol. The van der Waals surface area contributed by atoms with E-state index in [0.29, 0.717) is 18.1 Å². The average Bonchev–Trinajstić information content (AvgIpc) is 3.08. The molecule has 4 fully saturated rings. The Balaban J connectivity index is 1.62. The van der Waals surface area contributed by atoms with E-state index >= 15 is 0 Å². The Kier molecular flexibility index (Phi) is 4.85. The third-order valence-corrected chi connectivity index (χ3v) is 12.4. The molecule has 33 heavy (non-hydrogen) atoms. The van der Waals surface area contributed by atoms with Gasteiger partial charge in [-0.3, -0.25) is 9.59 Å². The highest BCUT2D eigenvalue weighted by Crippen LogP contribution is 2.74. The second kappa shape index (κ2) is 6.85. The molecular weight excluding hydrogens is 408 g/mol. The van der Waals surface area contributed by atoms with Gasteiger partial charge in [-0.1, -0.05) is 44.4 Å². The molecule has 0 aromatic carbocycles. The van der Waals surface area contributed by atoms with Crippen LogP contribution in [0.5, 0.6) is 0 Å². The predicted molar refractivity (Wildman–Crippen MR) is 132 cm³/mol. The van der Waals surface area contributed by atoms with Gasteiger partial charge in [-0.25, -0.2) is 0 Å². The van der Waals surface area contributed by atoms with E-state index in [1.165, 1.54) is 17.6 Å². The van der Waals surface area contributed by atoms with Crippen LogP contribution in [-0.4, -0.2) is 16.9 Å². The van der Waals surface area contributed by atoms with Gasteiger partial charge in [0.05, 0.1) is 5.41 Å². The van der Waals surface area contributed by atoms with E-state index in [1.54, 1.807) is 5.57 Å². The summed E-state index contributed by atoms with van der Waals surface area (Å²) in [5, 5.41) is 10.0. The van der Waals surface area contributed by atoms with Crippen LogP contribution in [0.2, 0.25) is 0 Å². The molecule has 0 spiro atoms. The van der Waals surface area contributed by atoms with Crippen LogP contribution in [-0.2, 0) is 9.59 Å². The molecule has 182 valence electrons. The van der Waals surface area contributed by atoms with Crippen molar-refractivity contribution in [1.29, 1.82) is 0 Å². The maximum atomic E-state index is 14.1. The first-order valence-corrected chi connectivity index (χ1v) is 13.4. The van der Waals surface area contributed by atoms with Crippen molar-refractivity contribution >= 4 is 11.8 Å². The Morgan fingerprint density at radius 2 is 1.61 bits per heavy atom. The van der Waals surface area contributed by atoms with Crippen LogP contribution in [0, 0.1) is 44.8 Å². The fourth-order valence-electron chi connectivity index (χ4n) is 9.84. The molecular formula is C30H44O3. The lowest BCUT2D eigenvalue weighted by Crippen LogP contribution is -2.62. The third-order valence-electron chi connectivity index (χ3n) is 12.4. The van der Waals surface area contributed by atoms with Crippen LogP contribution in [0.25, 0.3) is 0 Å². The minimum atomic E-state index is -0.683. The Labute approximate surface area is 200 Å². The molecule has 5 aliphatic rings. The number of rotatable bonds is 1. The first-order chi connectivity index (χ1) is 15.2. The highest BCUT2D eigenvalue weighted by molar-refractivity contribution is 5.96. The van der Waals surface area contributed by atoms with Gasteiger partial charge >= 0.3 is 5.97 Å². The van der Waals surface area contributed by atoms with Crippen molar-refractivity contribution in [3.63, 3.8) is 0 Å². The molecule has 0 aliphatic heterocycles. The Bertz CT molecular complexity index is 985. The lowest BCUT2D eigenvalue weighted by molar-refractivity contribution is -0.163. The Morgan fingerprint density at radius 1 is 0.939 bits per heavy atom. The number of ketones is 1. The zero-order valence-electron chi connectivity index (χ0n) is 21.9. The van der Waals surface area contributed by atoms with Crippen molar-refractivity contribution < 1.29 is 14.7 Å². The molecule has 0 amide bonds. The molecule has 0 aromatic heterocycles. The summed E-state index contributed by atoms with van der Waals surface area (Å²) in [6.07, 6.45) is 11.3. The summed E-state index contributed by atoms with van der Waals surface area (Å²) in [5.41, 5.74) is 3.81. The molecule has 3 heteroatoms. The van der Waals surface area contributed by atoms with Crippen LogP contribution in [0.4, 0.5) is 0 Å². The topological polar surface area (TPSA) is 54.4 Å². The lowest BCUT2D eigenvalue weighted by atomic mass is 9.36. The summed E-state index contributed by atoms with van der Waals surface area (Å²) in [6, 6.07) is 0. The number of carboxylic acids is 1. The molecule has 0 unspecified atom stereocenters. The SMILES string of the molecule is CC(C)=C1CC[C@]2(C)[C@H]3C(=O)C=C4[C@H]5C[C@@](C)(C(=O)O)CC[C@]5(C)CC[C@@]4(C)[C@]3(C)CC[C@@H]12. The van der Waals surface area contributed by atoms with E-state index in [4.69, 9.17) is 0 Å². The van der Waals surface area contributed by atoms with Crippen LogP contribution in [0.15, 0.2) is 22.8 Å². The van der Waals surface area contributed by atoms with Crippen molar-refractivity contribution in [2.24, 2.45) is 44.8 Å². The maximum absolute atomic E-state index is 14.1. The van der Waals surface area contributed by atoms with Gasteiger partial charge in [0.2, 0.25) is 0 Å². The maximum Gasteiger partial charge on any atom is 0.309 e. The Morgan fingerprint density at radius 3 is 2.24 bits per heavy atom. The molecule has 3 nitrogen and oxygen atoms in total. The van der Waals surface area contributed by atoms with Crippen LogP contribution < -0.4 is 0 Å². The number of fused-ring (bicyclic) bond motifs is 7. The van der Waals surface area contributed by atoms with Gasteiger partial charge in [0, 0.05) is 5.92 Å². The second-order valence-electron chi connectivity index (χ2n) is 14.1. The standard InChI is InChI=1S/C30H44O3/c1-18(2)19-8-10-28(5)20(19)9-11-30(7)24(28)23(31)16-21-22-17-27(4,25(32)33)13-12-26(22,3)14-15-29(21,30)6/h16,20,22,24H,8-15,17H2,1-7H3,(H,32,33)/t20-,22+,24+,26+,27-,28-,29+,30+/m0/s1. The number of allylic oxidation sites excluding steroid dienone is 4. The zero-order chi connectivity index (χ0) is 24.2. The van der Waals surface area contributed by atoms with Gasteiger partial charge in [-0.15, -0.1) is 0 Å². The molecule has 0 aromatic rings. The number of hydrogen-bond donors (Lipinski definition) is 1. The fourth-order valence-corrected chi connectivity index (χ4v) is 9.84. The van der Waals surface area contributed by atoms with Crippen molar-refractivity contribution in [3.05, 3.63) is 22.8 Å². The van der Waals surface area contributed by atoms with E-state index in [1.807, 2.05) is 6.92 Å². The number of aliphatic carboxylic acids is 1. The number of hydrogen-bond acceptors (Lipinski definition) is 2. The van der Waals surface area contributed by atoms with E-state index in [2.05, 4.69) is 47.6 Å². The minimum Gasteiger partial charge on any atom is -0.481 e. The van der Waals surface area contributed by atoms with Crippen LogP contribution in [0.1, 0.15) is 106 Å². The number of carboxylic acid groups (broad SMARTS) is 1. The predicted octanol–water partition coefficient (Wildman–Crippen LogP) is 7.36. The quantitative estimate of drug-likeness (QED) is 0.423. The van der Waals surface area contributed by atoms with Gasteiger partial charge in [0.25, 0.3) is 0 Å². The molecule has 8 atom stereocenters. The van der Waals surface area contributed by atoms with Gasteiger partial charge in [-0.05, 0) is 118 Å². The van der Waals surface area contributed by atoms with E-state index in [0.717, 1.165) is 44.9 Å². The molecule has 0 heterocycles. The smallest absolute Gasteiger partial charge is 0.309 e. The highest BCUT2D eigenvalue weighted by Gasteiger charge is 2.69. The zero-order valence-corrected chi connectivity index (χ0v) is 21.9. The van der Waals surface area contributed by atoms with E-state index in [-0.39, 0.29) is 33.5 Å². The van der Waals surface area contributed by atoms with E-state index < -0.39 is 11.4 Å². The summed E-state index contributed by atoms with van der Waals surface area (Å²) >= 11 is 0. The summed E-state index contributed by atoms with van der Waals surface area (Å²) in [6.45, 7) is 16.1.